The van der Waals surface area contributed by atoms with E-state index in [1.54, 1.807) is 12.1 Å². The highest BCUT2D eigenvalue weighted by Gasteiger charge is 2.42. The lowest BCUT2D eigenvalue weighted by molar-refractivity contribution is 0.0482. The third-order valence-electron chi connectivity index (χ3n) is 7.68. The first kappa shape index (κ1) is 28.8. The van der Waals surface area contributed by atoms with Gasteiger partial charge in [0.05, 0.1) is 11.0 Å². The van der Waals surface area contributed by atoms with Crippen molar-refractivity contribution in [1.29, 1.82) is 0 Å². The zero-order valence-electron chi connectivity index (χ0n) is 22.0. The smallest absolute Gasteiger partial charge is 0.297 e. The Labute approximate surface area is 227 Å². The van der Waals surface area contributed by atoms with Crippen molar-refractivity contribution in [1.82, 2.24) is 0 Å². The van der Waals surface area contributed by atoms with Crippen LogP contribution in [-0.2, 0) is 18.7 Å². The second kappa shape index (κ2) is 11.8. The van der Waals surface area contributed by atoms with Crippen LogP contribution in [0.4, 0.5) is 0 Å². The first-order valence-electron chi connectivity index (χ1n) is 12.7. The van der Waals surface area contributed by atoms with E-state index in [-0.39, 0.29) is 16.0 Å². The van der Waals surface area contributed by atoms with E-state index in [1.165, 1.54) is 19.3 Å². The van der Waals surface area contributed by atoms with E-state index in [0.29, 0.717) is 12.3 Å². The molecule has 7 heteroatoms. The molecule has 0 aliphatic heterocycles. The first-order valence-corrected chi connectivity index (χ1v) is 18.1. The van der Waals surface area contributed by atoms with E-state index in [4.69, 9.17) is 8.61 Å². The molecule has 1 aliphatic carbocycles. The third kappa shape index (κ3) is 7.63. The molecule has 1 unspecified atom stereocenters. The number of hydrogen-bond donors (Lipinski definition) is 0. The summed E-state index contributed by atoms with van der Waals surface area (Å²) >= 11 is 2.28. The van der Waals surface area contributed by atoms with Crippen LogP contribution in [-0.4, -0.2) is 22.8 Å². The molecule has 0 spiro atoms. The van der Waals surface area contributed by atoms with E-state index in [9.17, 15) is 8.42 Å². The average Bonchev–Trinajstić information content (AvgIpc) is 2.78. The minimum atomic E-state index is -3.94. The van der Waals surface area contributed by atoms with Gasteiger partial charge in [-0.25, -0.2) is 0 Å². The SMILES string of the molecule is Cc1ccc(S(=O)(=O)O[C@H](CC(O[Si](C)(C)C(C)(C)C)C2CCCCC2)c2ccccc2I)cc1. The van der Waals surface area contributed by atoms with Crippen LogP contribution in [0.25, 0.3) is 0 Å². The van der Waals surface area contributed by atoms with E-state index < -0.39 is 24.5 Å². The monoisotopic (exact) mass is 628 g/mol. The zero-order valence-corrected chi connectivity index (χ0v) is 26.0. The van der Waals surface area contributed by atoms with Gasteiger partial charge in [-0.05, 0) is 90.2 Å². The van der Waals surface area contributed by atoms with Gasteiger partial charge in [-0.1, -0.05) is 75.9 Å². The summed E-state index contributed by atoms with van der Waals surface area (Å²) in [5.74, 6) is 0.424. The van der Waals surface area contributed by atoms with Gasteiger partial charge in [-0.2, -0.15) is 8.42 Å². The Morgan fingerprint density at radius 3 is 2.17 bits per heavy atom. The fourth-order valence-corrected chi connectivity index (χ4v) is 7.68. The molecular weight excluding hydrogens is 587 g/mol. The fraction of sp³-hybridized carbons (Fsp3) is 0.571. The standard InChI is InChI=1S/C28H41IO4SSi/c1-21-16-18-23(19-17-21)34(30,31)32-27(24-14-10-11-15-25(24)29)20-26(22-12-8-7-9-13-22)33-35(5,6)28(2,3)4/h10-11,14-19,22,26-27H,7-9,12-13,20H2,1-6H3/t26?,27-/m1/s1. The summed E-state index contributed by atoms with van der Waals surface area (Å²) in [7, 11) is -6.01. The molecule has 2 atom stereocenters. The topological polar surface area (TPSA) is 52.6 Å². The summed E-state index contributed by atoms with van der Waals surface area (Å²) in [6, 6.07) is 14.8. The van der Waals surface area contributed by atoms with Crippen LogP contribution >= 0.6 is 22.6 Å². The van der Waals surface area contributed by atoms with Gasteiger partial charge in [-0.15, -0.1) is 0 Å². The second-order valence-electron chi connectivity index (χ2n) is 11.4. The fourth-order valence-electron chi connectivity index (χ4n) is 4.48. The largest absolute Gasteiger partial charge is 0.414 e. The molecule has 0 heterocycles. The van der Waals surface area contributed by atoms with E-state index >= 15 is 0 Å². The molecule has 0 aromatic heterocycles. The van der Waals surface area contributed by atoms with Crippen LogP contribution in [0.2, 0.25) is 18.1 Å². The molecule has 0 saturated heterocycles. The van der Waals surface area contributed by atoms with Gasteiger partial charge < -0.3 is 4.43 Å². The predicted octanol–water partition coefficient (Wildman–Crippen LogP) is 8.41. The van der Waals surface area contributed by atoms with Crippen molar-refractivity contribution in [2.24, 2.45) is 5.92 Å². The predicted molar refractivity (Wildman–Crippen MR) is 155 cm³/mol. The van der Waals surface area contributed by atoms with Crippen molar-refractivity contribution in [3.63, 3.8) is 0 Å². The molecule has 1 saturated carbocycles. The number of benzene rings is 2. The Balaban J connectivity index is 1.98. The summed E-state index contributed by atoms with van der Waals surface area (Å²) in [5, 5.41) is 0.0748. The molecule has 2 aromatic rings. The summed E-state index contributed by atoms with van der Waals surface area (Å²) in [6.45, 7) is 13.3. The normalized spacial score (nSPS) is 17.8. The van der Waals surface area contributed by atoms with Crippen molar-refractivity contribution in [3.8, 4) is 0 Å². The summed E-state index contributed by atoms with van der Waals surface area (Å²) < 4.78 is 40.9. The highest BCUT2D eigenvalue weighted by Crippen LogP contribution is 2.43. The Bertz CT molecular complexity index is 1070. The van der Waals surface area contributed by atoms with Crippen LogP contribution in [0.1, 0.15) is 76.5 Å². The highest BCUT2D eigenvalue weighted by atomic mass is 127. The quantitative estimate of drug-likeness (QED) is 0.159. The van der Waals surface area contributed by atoms with Crippen LogP contribution in [0, 0.1) is 16.4 Å². The molecule has 4 nitrogen and oxygen atoms in total. The molecule has 0 bridgehead atoms. The van der Waals surface area contributed by atoms with Gasteiger partial charge in [0, 0.05) is 9.99 Å². The van der Waals surface area contributed by atoms with Gasteiger partial charge in [0.2, 0.25) is 0 Å². The number of rotatable bonds is 9. The Morgan fingerprint density at radius 1 is 1.00 bits per heavy atom. The summed E-state index contributed by atoms with van der Waals surface area (Å²) in [6.07, 6.45) is 5.82. The van der Waals surface area contributed by atoms with Crippen molar-refractivity contribution in [3.05, 3.63) is 63.2 Å². The average molecular weight is 629 g/mol. The van der Waals surface area contributed by atoms with Crippen LogP contribution in [0.5, 0.6) is 0 Å². The molecule has 3 rings (SSSR count). The lowest BCUT2D eigenvalue weighted by atomic mass is 9.83. The highest BCUT2D eigenvalue weighted by molar-refractivity contribution is 14.1. The van der Waals surface area contributed by atoms with Gasteiger partial charge >= 0.3 is 0 Å². The number of hydrogen-bond acceptors (Lipinski definition) is 4. The molecule has 2 aromatic carbocycles. The van der Waals surface area contributed by atoms with Gasteiger partial charge in [0.25, 0.3) is 10.1 Å². The van der Waals surface area contributed by atoms with Crippen molar-refractivity contribution in [2.75, 3.05) is 0 Å². The molecule has 194 valence electrons. The van der Waals surface area contributed by atoms with E-state index in [0.717, 1.165) is 27.5 Å². The Kier molecular flexibility index (Phi) is 9.68. The van der Waals surface area contributed by atoms with Gasteiger partial charge in [0.1, 0.15) is 6.10 Å². The van der Waals surface area contributed by atoms with Crippen LogP contribution in [0.15, 0.2) is 53.4 Å². The maximum atomic E-state index is 13.4. The molecule has 0 radical (unpaired) electrons. The Morgan fingerprint density at radius 2 is 1.60 bits per heavy atom. The molecule has 1 aliphatic rings. The van der Waals surface area contributed by atoms with Crippen LogP contribution in [0.3, 0.4) is 0 Å². The molecular formula is C28H41IO4SSi. The van der Waals surface area contributed by atoms with E-state index in [1.807, 2.05) is 43.3 Å². The third-order valence-corrected chi connectivity index (χ3v) is 14.5. The minimum Gasteiger partial charge on any atom is -0.414 e. The van der Waals surface area contributed by atoms with Gasteiger partial charge in [-0.3, -0.25) is 4.18 Å². The minimum absolute atomic E-state index is 0.0367. The number of aryl methyl sites for hydroxylation is 1. The molecule has 0 N–H and O–H groups in total. The molecule has 0 amide bonds. The number of halogens is 1. The summed E-state index contributed by atoms with van der Waals surface area (Å²) in [5.41, 5.74) is 1.92. The van der Waals surface area contributed by atoms with E-state index in [2.05, 4.69) is 56.5 Å². The molecule has 35 heavy (non-hydrogen) atoms. The lowest BCUT2D eigenvalue weighted by Crippen LogP contribution is -2.46. The molecule has 1 fully saturated rings. The maximum Gasteiger partial charge on any atom is 0.297 e. The second-order valence-corrected chi connectivity index (χ2v) is 18.9. The summed E-state index contributed by atoms with van der Waals surface area (Å²) in [4.78, 5) is 0.193. The van der Waals surface area contributed by atoms with Crippen LogP contribution < -0.4 is 0 Å². The lowest BCUT2D eigenvalue weighted by Gasteiger charge is -2.43. The zero-order chi connectivity index (χ0) is 25.9. The van der Waals surface area contributed by atoms with Crippen molar-refractivity contribution in [2.45, 2.75) is 101 Å². The maximum absolute atomic E-state index is 13.4. The Hall–Kier alpha value is -0.743. The van der Waals surface area contributed by atoms with Gasteiger partial charge in [0.15, 0.2) is 8.32 Å². The van der Waals surface area contributed by atoms with Crippen molar-refractivity contribution >= 4 is 41.0 Å². The first-order chi connectivity index (χ1) is 16.3. The van der Waals surface area contributed by atoms with Crippen molar-refractivity contribution < 1.29 is 17.0 Å².